The van der Waals surface area contributed by atoms with Crippen molar-refractivity contribution >= 4 is 0 Å². The molecule has 1 rings (SSSR count). The smallest absolute Gasteiger partial charge is 0.0701 e. The Bertz CT molecular complexity index is 331. The lowest BCUT2D eigenvalue weighted by molar-refractivity contribution is 0.0225. The molecule has 6 nitrogen and oxygen atoms in total. The minimum Gasteiger partial charge on any atom is -0.382 e. The van der Waals surface area contributed by atoms with Crippen molar-refractivity contribution in [2.24, 2.45) is 0 Å². The van der Waals surface area contributed by atoms with Crippen LogP contribution in [0.4, 0.5) is 0 Å². The summed E-state index contributed by atoms with van der Waals surface area (Å²) < 4.78 is 17.6. The van der Waals surface area contributed by atoms with Crippen LogP contribution in [-0.2, 0) is 27.3 Å². The molecule has 1 aromatic heterocycles. The number of nitrogens with one attached hydrogen (secondary N) is 1. The van der Waals surface area contributed by atoms with Gasteiger partial charge in [0.1, 0.15) is 0 Å². The second kappa shape index (κ2) is 11.8. The Morgan fingerprint density at radius 2 is 1.90 bits per heavy atom. The van der Waals surface area contributed by atoms with E-state index in [-0.39, 0.29) is 0 Å². The SMILES string of the molecule is CCCNCc1cnn(CCOCCOCCOC)c1. The lowest BCUT2D eigenvalue weighted by Crippen LogP contribution is -2.13. The maximum atomic E-state index is 5.48. The van der Waals surface area contributed by atoms with Crippen molar-refractivity contribution < 1.29 is 14.2 Å². The highest BCUT2D eigenvalue weighted by Gasteiger charge is 1.98. The second-order valence-electron chi connectivity index (χ2n) is 4.51. The van der Waals surface area contributed by atoms with Gasteiger partial charge in [0.15, 0.2) is 0 Å². The maximum absolute atomic E-state index is 5.48. The van der Waals surface area contributed by atoms with E-state index in [9.17, 15) is 0 Å². The number of aromatic nitrogens is 2. The van der Waals surface area contributed by atoms with Gasteiger partial charge in [-0.3, -0.25) is 4.68 Å². The van der Waals surface area contributed by atoms with Crippen molar-refractivity contribution in [2.45, 2.75) is 26.4 Å². The summed E-state index contributed by atoms with van der Waals surface area (Å²) in [5.41, 5.74) is 1.21. The minimum atomic E-state index is 0.606. The van der Waals surface area contributed by atoms with Crippen LogP contribution in [0.25, 0.3) is 0 Å². The molecule has 0 radical (unpaired) electrons. The molecule has 0 aliphatic rings. The molecular weight excluding hydrogens is 258 g/mol. The van der Waals surface area contributed by atoms with E-state index in [1.165, 1.54) is 5.56 Å². The van der Waals surface area contributed by atoms with Crippen LogP contribution < -0.4 is 5.32 Å². The van der Waals surface area contributed by atoms with Gasteiger partial charge in [-0.05, 0) is 13.0 Å². The lowest BCUT2D eigenvalue weighted by atomic mass is 10.3. The van der Waals surface area contributed by atoms with Gasteiger partial charge in [-0.25, -0.2) is 0 Å². The molecule has 1 N–H and O–H groups in total. The topological polar surface area (TPSA) is 57.5 Å². The van der Waals surface area contributed by atoms with Gasteiger partial charge in [-0.1, -0.05) is 6.92 Å². The number of nitrogens with zero attached hydrogens (tertiary/aromatic N) is 2. The van der Waals surface area contributed by atoms with Crippen molar-refractivity contribution in [1.82, 2.24) is 15.1 Å². The Hall–Kier alpha value is -0.950. The molecule has 0 aliphatic heterocycles. The zero-order valence-corrected chi connectivity index (χ0v) is 12.6. The molecule has 0 aromatic carbocycles. The summed E-state index contributed by atoms with van der Waals surface area (Å²) >= 11 is 0. The highest BCUT2D eigenvalue weighted by atomic mass is 16.5. The van der Waals surface area contributed by atoms with E-state index in [2.05, 4.69) is 23.5 Å². The van der Waals surface area contributed by atoms with Crippen LogP contribution in [0, 0.1) is 0 Å². The molecule has 0 saturated heterocycles. The molecule has 0 saturated carbocycles. The molecule has 1 aromatic rings. The normalized spacial score (nSPS) is 11.1. The molecule has 116 valence electrons. The van der Waals surface area contributed by atoms with Gasteiger partial charge in [-0.15, -0.1) is 0 Å². The molecule has 0 atom stereocenters. The van der Waals surface area contributed by atoms with Crippen LogP contribution in [0.1, 0.15) is 18.9 Å². The molecular formula is C14H27N3O3. The van der Waals surface area contributed by atoms with Crippen molar-refractivity contribution in [3.05, 3.63) is 18.0 Å². The van der Waals surface area contributed by atoms with E-state index in [0.29, 0.717) is 33.0 Å². The molecule has 0 spiro atoms. The molecule has 0 aliphatic carbocycles. The summed E-state index contributed by atoms with van der Waals surface area (Å²) in [5.74, 6) is 0. The average molecular weight is 285 g/mol. The molecule has 0 bridgehead atoms. The monoisotopic (exact) mass is 285 g/mol. The average Bonchev–Trinajstić information content (AvgIpc) is 2.90. The fourth-order valence-corrected chi connectivity index (χ4v) is 1.65. The largest absolute Gasteiger partial charge is 0.382 e. The maximum Gasteiger partial charge on any atom is 0.0701 e. The number of hydrogen-bond donors (Lipinski definition) is 1. The number of hydrogen-bond acceptors (Lipinski definition) is 5. The van der Waals surface area contributed by atoms with Gasteiger partial charge in [0.25, 0.3) is 0 Å². The van der Waals surface area contributed by atoms with E-state index in [4.69, 9.17) is 14.2 Å². The van der Waals surface area contributed by atoms with E-state index in [0.717, 1.165) is 26.1 Å². The van der Waals surface area contributed by atoms with Crippen LogP contribution in [0.2, 0.25) is 0 Å². The van der Waals surface area contributed by atoms with Crippen molar-refractivity contribution in [3.8, 4) is 0 Å². The van der Waals surface area contributed by atoms with Crippen molar-refractivity contribution in [1.29, 1.82) is 0 Å². The third kappa shape index (κ3) is 8.27. The molecule has 0 amide bonds. The van der Waals surface area contributed by atoms with Crippen LogP contribution in [0.5, 0.6) is 0 Å². The van der Waals surface area contributed by atoms with Gasteiger partial charge in [0.2, 0.25) is 0 Å². The Labute approximate surface area is 121 Å². The Morgan fingerprint density at radius 1 is 1.15 bits per heavy atom. The minimum absolute atomic E-state index is 0.606. The van der Waals surface area contributed by atoms with Crippen LogP contribution in [-0.4, -0.2) is 56.5 Å². The van der Waals surface area contributed by atoms with Gasteiger partial charge in [0.05, 0.1) is 45.8 Å². The van der Waals surface area contributed by atoms with Crippen molar-refractivity contribution in [3.63, 3.8) is 0 Å². The molecule has 0 fully saturated rings. The predicted molar refractivity (Wildman–Crippen MR) is 77.7 cm³/mol. The summed E-state index contributed by atoms with van der Waals surface area (Å²) in [4.78, 5) is 0. The van der Waals surface area contributed by atoms with Crippen molar-refractivity contribution in [2.75, 3.05) is 46.7 Å². The first-order valence-electron chi connectivity index (χ1n) is 7.23. The summed E-state index contributed by atoms with van der Waals surface area (Å²) in [6, 6.07) is 0. The van der Waals surface area contributed by atoms with E-state index >= 15 is 0 Å². The fourth-order valence-electron chi connectivity index (χ4n) is 1.65. The Morgan fingerprint density at radius 3 is 2.65 bits per heavy atom. The number of ether oxygens (including phenoxy) is 3. The zero-order valence-electron chi connectivity index (χ0n) is 12.6. The third-order valence-electron chi connectivity index (χ3n) is 2.71. The number of methoxy groups -OCH3 is 1. The van der Waals surface area contributed by atoms with Gasteiger partial charge in [0, 0.05) is 25.4 Å². The zero-order chi connectivity index (χ0) is 14.5. The van der Waals surface area contributed by atoms with Crippen LogP contribution in [0.15, 0.2) is 12.4 Å². The fraction of sp³-hybridized carbons (Fsp3) is 0.786. The predicted octanol–water partition coefficient (Wildman–Crippen LogP) is 1.06. The van der Waals surface area contributed by atoms with Gasteiger partial charge in [-0.2, -0.15) is 5.10 Å². The third-order valence-corrected chi connectivity index (χ3v) is 2.71. The highest BCUT2D eigenvalue weighted by Crippen LogP contribution is 1.97. The van der Waals surface area contributed by atoms with Gasteiger partial charge >= 0.3 is 0 Å². The Kier molecular flexibility index (Phi) is 10.1. The van der Waals surface area contributed by atoms with E-state index in [1.807, 2.05) is 10.9 Å². The van der Waals surface area contributed by atoms with Gasteiger partial charge < -0.3 is 19.5 Å². The first-order chi connectivity index (χ1) is 9.86. The first kappa shape index (κ1) is 17.1. The highest BCUT2D eigenvalue weighted by molar-refractivity contribution is 5.03. The van der Waals surface area contributed by atoms with E-state index in [1.54, 1.807) is 7.11 Å². The summed E-state index contributed by atoms with van der Waals surface area (Å²) in [7, 11) is 1.66. The lowest BCUT2D eigenvalue weighted by Gasteiger charge is -2.05. The standard InChI is InChI=1S/C14H27N3O3/c1-3-4-15-11-14-12-16-17(13-14)5-6-19-9-10-20-8-7-18-2/h12-13,15H,3-11H2,1-2H3. The van der Waals surface area contributed by atoms with E-state index < -0.39 is 0 Å². The first-order valence-corrected chi connectivity index (χ1v) is 7.23. The molecule has 0 unspecified atom stereocenters. The second-order valence-corrected chi connectivity index (χ2v) is 4.51. The Balaban J connectivity index is 1.99. The summed E-state index contributed by atoms with van der Waals surface area (Å²) in [6.07, 6.45) is 5.10. The summed E-state index contributed by atoms with van der Waals surface area (Å²) in [6.45, 7) is 7.95. The molecule has 20 heavy (non-hydrogen) atoms. The summed E-state index contributed by atoms with van der Waals surface area (Å²) in [5, 5.41) is 7.66. The number of rotatable bonds is 13. The van der Waals surface area contributed by atoms with Crippen LogP contribution in [0.3, 0.4) is 0 Å². The van der Waals surface area contributed by atoms with Crippen LogP contribution >= 0.6 is 0 Å². The quantitative estimate of drug-likeness (QED) is 0.549. The molecule has 1 heterocycles. The molecule has 6 heteroatoms.